The molecule has 0 atom stereocenters. The van der Waals surface area contributed by atoms with Gasteiger partial charge in [-0.3, -0.25) is 4.57 Å². The number of benzene rings is 1. The predicted molar refractivity (Wildman–Crippen MR) is 55.7 cm³/mol. The largest absolute Gasteiger partial charge is 0.711 e. The normalized spacial score (nSPS) is 11.3. The van der Waals surface area contributed by atoms with Gasteiger partial charge in [-0.15, -0.1) is 0 Å². The summed E-state index contributed by atoms with van der Waals surface area (Å²) in [4.78, 5) is 15.3. The molecule has 0 N–H and O–H groups in total. The van der Waals surface area contributed by atoms with Crippen LogP contribution >= 0.6 is 0 Å². The summed E-state index contributed by atoms with van der Waals surface area (Å²) in [7, 11) is 1.62. The van der Waals surface area contributed by atoms with E-state index >= 15 is 0 Å². The summed E-state index contributed by atoms with van der Waals surface area (Å²) in [5, 5.41) is 11.7. The molecule has 3 rings (SSSR count). The van der Waals surface area contributed by atoms with Gasteiger partial charge in [-0.25, -0.2) is 9.52 Å². The van der Waals surface area contributed by atoms with Gasteiger partial charge in [0.25, 0.3) is 6.33 Å². The van der Waals surface area contributed by atoms with Gasteiger partial charge in [0.05, 0.1) is 10.9 Å². The highest BCUT2D eigenvalue weighted by Crippen LogP contribution is 2.18. The van der Waals surface area contributed by atoms with E-state index in [0.29, 0.717) is 26.7 Å². The Bertz CT molecular complexity index is 757. The van der Waals surface area contributed by atoms with E-state index < -0.39 is 5.76 Å². The molecular weight excluding hydrogens is 210 g/mol. The summed E-state index contributed by atoms with van der Waals surface area (Å²) in [5.41, 5.74) is 1.76. The van der Waals surface area contributed by atoms with E-state index in [4.69, 9.17) is 4.42 Å². The molecule has 2 aromatic heterocycles. The monoisotopic (exact) mass is 217 g/mol. The van der Waals surface area contributed by atoms with Gasteiger partial charge in [-0.1, -0.05) is 0 Å². The minimum absolute atomic E-state index is 0.430. The van der Waals surface area contributed by atoms with Crippen LogP contribution in [0.25, 0.3) is 22.0 Å². The second kappa shape index (κ2) is 2.82. The summed E-state index contributed by atoms with van der Waals surface area (Å²) in [6, 6.07) is 3.35. The third kappa shape index (κ3) is 1.10. The molecule has 0 aliphatic rings. The van der Waals surface area contributed by atoms with Gasteiger partial charge in [0.2, 0.25) is 0 Å². The van der Waals surface area contributed by atoms with Crippen LogP contribution in [0.4, 0.5) is 0 Å². The van der Waals surface area contributed by atoms with Crippen molar-refractivity contribution < 1.29 is 9.15 Å². The lowest BCUT2D eigenvalue weighted by Gasteiger charge is -1.99. The van der Waals surface area contributed by atoms with E-state index in [1.807, 2.05) is 0 Å². The average molecular weight is 217 g/mol. The van der Waals surface area contributed by atoms with Crippen molar-refractivity contribution in [2.45, 2.75) is 0 Å². The number of aryl methyl sites for hydroxylation is 1. The minimum Gasteiger partial charge on any atom is -0.711 e. The first kappa shape index (κ1) is 8.90. The van der Waals surface area contributed by atoms with Gasteiger partial charge in [-0.2, -0.15) is 0 Å². The van der Waals surface area contributed by atoms with Gasteiger partial charge in [0, 0.05) is 13.1 Å². The Morgan fingerprint density at radius 3 is 3.12 bits per heavy atom. The van der Waals surface area contributed by atoms with E-state index in [9.17, 15) is 10.0 Å². The van der Waals surface area contributed by atoms with Crippen molar-refractivity contribution >= 4 is 22.0 Å². The SMILES string of the molecule is Cn1c(=O)oc2cc3c[n+]([O-])cnc3cc21. The van der Waals surface area contributed by atoms with Crippen molar-refractivity contribution in [3.63, 3.8) is 0 Å². The number of aromatic nitrogens is 3. The van der Waals surface area contributed by atoms with E-state index in [2.05, 4.69) is 4.98 Å². The molecule has 16 heavy (non-hydrogen) atoms. The molecule has 0 spiro atoms. The second-order valence-corrected chi connectivity index (χ2v) is 3.54. The smallest absolute Gasteiger partial charge is 0.419 e. The molecule has 0 aliphatic heterocycles. The third-order valence-corrected chi connectivity index (χ3v) is 2.52. The molecule has 3 aromatic rings. The molecule has 0 saturated heterocycles. The fraction of sp³-hybridized carbons (Fsp3) is 0.100. The zero-order chi connectivity index (χ0) is 11.3. The Morgan fingerprint density at radius 1 is 1.50 bits per heavy atom. The van der Waals surface area contributed by atoms with Gasteiger partial charge >= 0.3 is 5.76 Å². The predicted octanol–water partition coefficient (Wildman–Crippen LogP) is 0.313. The van der Waals surface area contributed by atoms with Crippen LogP contribution in [-0.4, -0.2) is 9.55 Å². The minimum atomic E-state index is -0.430. The second-order valence-electron chi connectivity index (χ2n) is 3.54. The maximum absolute atomic E-state index is 11.3. The van der Waals surface area contributed by atoms with Crippen LogP contribution < -0.4 is 10.5 Å². The molecule has 2 heterocycles. The average Bonchev–Trinajstić information content (AvgIpc) is 2.52. The lowest BCUT2D eigenvalue weighted by atomic mass is 10.2. The molecule has 0 radical (unpaired) electrons. The number of rotatable bonds is 0. The standard InChI is InChI=1S/C10H7N3O3/c1-12-8-3-7-6(4-13(15)5-11-7)2-9(8)16-10(12)14/h2-5H,1H3. The summed E-state index contributed by atoms with van der Waals surface area (Å²) in [6.07, 6.45) is 2.56. The number of fused-ring (bicyclic) bond motifs is 2. The first-order valence-corrected chi connectivity index (χ1v) is 4.63. The van der Waals surface area contributed by atoms with Crippen LogP contribution in [0.5, 0.6) is 0 Å². The molecule has 0 fully saturated rings. The molecule has 0 bridgehead atoms. The molecule has 0 amide bonds. The first-order valence-electron chi connectivity index (χ1n) is 4.63. The molecule has 6 heteroatoms. The van der Waals surface area contributed by atoms with Crippen molar-refractivity contribution in [3.8, 4) is 0 Å². The zero-order valence-corrected chi connectivity index (χ0v) is 8.38. The summed E-state index contributed by atoms with van der Waals surface area (Å²) >= 11 is 0. The van der Waals surface area contributed by atoms with E-state index in [1.165, 1.54) is 17.1 Å². The fourth-order valence-corrected chi connectivity index (χ4v) is 1.68. The lowest BCUT2D eigenvalue weighted by Crippen LogP contribution is -2.24. The Morgan fingerprint density at radius 2 is 2.31 bits per heavy atom. The van der Waals surface area contributed by atoms with Gasteiger partial charge < -0.3 is 9.62 Å². The van der Waals surface area contributed by atoms with Crippen molar-refractivity contribution in [1.29, 1.82) is 0 Å². The molecular formula is C10H7N3O3. The number of nitrogens with zero attached hydrogens (tertiary/aromatic N) is 3. The number of oxazole rings is 1. The first-order chi connectivity index (χ1) is 7.65. The molecule has 1 aromatic carbocycles. The van der Waals surface area contributed by atoms with Crippen LogP contribution in [0.2, 0.25) is 0 Å². The van der Waals surface area contributed by atoms with Gasteiger partial charge in [-0.05, 0) is 11.1 Å². The topological polar surface area (TPSA) is 75.0 Å². The number of hydrogen-bond donors (Lipinski definition) is 0. The molecule has 6 nitrogen and oxygen atoms in total. The molecule has 80 valence electrons. The van der Waals surface area contributed by atoms with Crippen LogP contribution in [0.3, 0.4) is 0 Å². The van der Waals surface area contributed by atoms with Crippen molar-refractivity contribution in [2.24, 2.45) is 7.05 Å². The highest BCUT2D eigenvalue weighted by molar-refractivity contribution is 5.91. The Kier molecular flexibility index (Phi) is 1.57. The van der Waals surface area contributed by atoms with Gasteiger partial charge in [0.1, 0.15) is 6.20 Å². The fourth-order valence-electron chi connectivity index (χ4n) is 1.68. The Hall–Kier alpha value is -2.37. The molecule has 0 aliphatic carbocycles. The van der Waals surface area contributed by atoms with Crippen LogP contribution in [0, 0.1) is 5.21 Å². The third-order valence-electron chi connectivity index (χ3n) is 2.52. The van der Waals surface area contributed by atoms with Crippen LogP contribution in [0.15, 0.2) is 33.9 Å². The van der Waals surface area contributed by atoms with Crippen molar-refractivity contribution in [1.82, 2.24) is 9.55 Å². The van der Waals surface area contributed by atoms with E-state index in [1.54, 1.807) is 19.2 Å². The molecule has 0 unspecified atom stereocenters. The zero-order valence-electron chi connectivity index (χ0n) is 8.38. The number of hydrogen-bond acceptors (Lipinski definition) is 4. The maximum atomic E-state index is 11.3. The Labute approximate surface area is 88.9 Å². The van der Waals surface area contributed by atoms with E-state index in [0.717, 1.165) is 0 Å². The van der Waals surface area contributed by atoms with Crippen molar-refractivity contribution in [2.75, 3.05) is 0 Å². The van der Waals surface area contributed by atoms with E-state index in [-0.39, 0.29) is 0 Å². The maximum Gasteiger partial charge on any atom is 0.419 e. The van der Waals surface area contributed by atoms with Crippen LogP contribution in [-0.2, 0) is 7.05 Å². The highest BCUT2D eigenvalue weighted by atomic mass is 16.5. The highest BCUT2D eigenvalue weighted by Gasteiger charge is 2.10. The quantitative estimate of drug-likeness (QED) is 0.401. The summed E-state index contributed by atoms with van der Waals surface area (Å²) in [6.45, 7) is 0. The molecule has 0 saturated carbocycles. The summed E-state index contributed by atoms with van der Waals surface area (Å²) in [5.74, 6) is -0.430. The Balaban J connectivity index is 2.53. The summed E-state index contributed by atoms with van der Waals surface area (Å²) < 4.78 is 7.02. The lowest BCUT2D eigenvalue weighted by molar-refractivity contribution is -0.607. The van der Waals surface area contributed by atoms with Crippen LogP contribution in [0.1, 0.15) is 0 Å². The van der Waals surface area contributed by atoms with Gasteiger partial charge in [0.15, 0.2) is 11.1 Å². The van der Waals surface area contributed by atoms with Crippen molar-refractivity contribution in [3.05, 3.63) is 40.4 Å².